The Morgan fingerprint density at radius 2 is 1.87 bits per heavy atom. The number of hydrogen-bond donors (Lipinski definition) is 0. The van der Waals surface area contributed by atoms with Gasteiger partial charge in [-0.3, -0.25) is 9.36 Å². The number of thiazole rings is 1. The smallest absolute Gasteiger partial charge is 0.338 e. The lowest BCUT2D eigenvalue weighted by Crippen LogP contribution is -2.39. The van der Waals surface area contributed by atoms with Gasteiger partial charge in [0.25, 0.3) is 5.56 Å². The number of furan rings is 1. The number of thiophene rings is 1. The van der Waals surface area contributed by atoms with Gasteiger partial charge in [-0.2, -0.15) is 0 Å². The standard InChI is InChI=1S/C30H21ClN2O4S2/c1-18-26(29(35)36-17-19-8-3-2-4-9-19)27(24-12-7-15-38-24)33-28(34)25(39-30(33)32-18)16-20-13-14-23(37-20)21-10-5-6-11-22(21)31/h2-16,27H,17H2,1H3/b25-16+/t27-/m0/s1. The predicted octanol–water partition coefficient (Wildman–Crippen LogP) is 5.95. The van der Waals surface area contributed by atoms with Crippen molar-refractivity contribution in [3.8, 4) is 11.3 Å². The van der Waals surface area contributed by atoms with Crippen molar-refractivity contribution in [2.24, 2.45) is 4.99 Å². The van der Waals surface area contributed by atoms with E-state index < -0.39 is 12.0 Å². The summed E-state index contributed by atoms with van der Waals surface area (Å²) in [4.78, 5) is 33.2. The SMILES string of the molecule is CC1=C(C(=O)OCc2ccccc2)[C@H](c2cccs2)n2c(s/c(=C/c3ccc(-c4ccccc4Cl)o3)c2=O)=N1. The Kier molecular flexibility index (Phi) is 6.91. The molecule has 0 bridgehead atoms. The molecule has 0 radical (unpaired) electrons. The predicted molar refractivity (Wildman–Crippen MR) is 153 cm³/mol. The summed E-state index contributed by atoms with van der Waals surface area (Å²) in [5, 5.41) is 2.50. The number of esters is 1. The lowest BCUT2D eigenvalue weighted by atomic mass is 10.0. The van der Waals surface area contributed by atoms with E-state index in [1.807, 2.05) is 72.1 Å². The molecule has 194 valence electrons. The van der Waals surface area contributed by atoms with Crippen molar-refractivity contribution < 1.29 is 13.9 Å². The van der Waals surface area contributed by atoms with Crippen LogP contribution in [0.15, 0.2) is 110 Å². The molecule has 1 atom stereocenters. The summed E-state index contributed by atoms with van der Waals surface area (Å²) in [6.07, 6.45) is 1.70. The number of carbonyl (C=O) groups is 1. The Morgan fingerprint density at radius 1 is 1.08 bits per heavy atom. The van der Waals surface area contributed by atoms with Crippen molar-refractivity contribution in [1.29, 1.82) is 0 Å². The zero-order valence-electron chi connectivity index (χ0n) is 20.7. The molecule has 0 fully saturated rings. The first kappa shape index (κ1) is 25.3. The minimum atomic E-state index is -0.637. The van der Waals surface area contributed by atoms with E-state index in [4.69, 9.17) is 20.8 Å². The zero-order valence-corrected chi connectivity index (χ0v) is 23.1. The van der Waals surface area contributed by atoms with Gasteiger partial charge in [0.2, 0.25) is 0 Å². The molecule has 4 heterocycles. The molecule has 5 aromatic rings. The fourth-order valence-electron chi connectivity index (χ4n) is 4.46. The van der Waals surface area contributed by atoms with E-state index in [0.29, 0.717) is 37.1 Å². The van der Waals surface area contributed by atoms with Crippen molar-refractivity contribution in [2.45, 2.75) is 19.6 Å². The van der Waals surface area contributed by atoms with E-state index in [1.54, 1.807) is 29.7 Å². The van der Waals surface area contributed by atoms with Crippen LogP contribution in [0.4, 0.5) is 0 Å². The molecule has 0 N–H and O–H groups in total. The molecule has 9 heteroatoms. The average Bonchev–Trinajstić information content (AvgIpc) is 3.70. The maximum absolute atomic E-state index is 13.8. The minimum absolute atomic E-state index is 0.129. The number of benzene rings is 2. The Morgan fingerprint density at radius 3 is 2.64 bits per heavy atom. The number of rotatable bonds is 6. The van der Waals surface area contributed by atoms with Gasteiger partial charge in [0, 0.05) is 16.5 Å². The topological polar surface area (TPSA) is 73.8 Å². The zero-order chi connectivity index (χ0) is 26.9. The number of carbonyl (C=O) groups excluding carboxylic acids is 1. The monoisotopic (exact) mass is 572 g/mol. The molecule has 3 aromatic heterocycles. The van der Waals surface area contributed by atoms with Gasteiger partial charge in [0.15, 0.2) is 4.80 Å². The van der Waals surface area contributed by atoms with E-state index in [2.05, 4.69) is 4.99 Å². The quantitative estimate of drug-likeness (QED) is 0.236. The van der Waals surface area contributed by atoms with Crippen LogP contribution in [0, 0.1) is 0 Å². The fraction of sp³-hybridized carbons (Fsp3) is 0.100. The molecule has 6 nitrogen and oxygen atoms in total. The van der Waals surface area contributed by atoms with Crippen LogP contribution in [0.3, 0.4) is 0 Å². The number of halogens is 1. The lowest BCUT2D eigenvalue weighted by Gasteiger charge is -2.23. The van der Waals surface area contributed by atoms with Crippen LogP contribution in [0.1, 0.15) is 29.2 Å². The van der Waals surface area contributed by atoms with Crippen molar-refractivity contribution in [2.75, 3.05) is 0 Å². The second kappa shape index (κ2) is 10.6. The van der Waals surface area contributed by atoms with E-state index in [1.165, 1.54) is 22.7 Å². The number of ether oxygens (including phenoxy) is 1. The summed E-state index contributed by atoms with van der Waals surface area (Å²) in [5.41, 5.74) is 2.27. The van der Waals surface area contributed by atoms with Crippen molar-refractivity contribution in [3.63, 3.8) is 0 Å². The first-order valence-electron chi connectivity index (χ1n) is 12.1. The first-order valence-corrected chi connectivity index (χ1v) is 14.2. The minimum Gasteiger partial charge on any atom is -0.457 e. The molecular weight excluding hydrogens is 552 g/mol. The maximum Gasteiger partial charge on any atom is 0.338 e. The second-order valence-corrected chi connectivity index (χ2v) is 11.2. The highest BCUT2D eigenvalue weighted by Crippen LogP contribution is 2.33. The number of nitrogens with zero attached hydrogens (tertiary/aromatic N) is 2. The normalized spacial score (nSPS) is 15.2. The van der Waals surface area contributed by atoms with Crippen LogP contribution in [0.2, 0.25) is 5.02 Å². The first-order chi connectivity index (χ1) is 19.0. The molecule has 0 aliphatic carbocycles. The summed E-state index contributed by atoms with van der Waals surface area (Å²) in [5.74, 6) is 0.625. The van der Waals surface area contributed by atoms with E-state index in [-0.39, 0.29) is 12.2 Å². The van der Waals surface area contributed by atoms with Crippen molar-refractivity contribution in [1.82, 2.24) is 4.57 Å². The number of hydrogen-bond acceptors (Lipinski definition) is 7. The molecule has 1 aliphatic heterocycles. The third kappa shape index (κ3) is 4.94. The number of fused-ring (bicyclic) bond motifs is 1. The van der Waals surface area contributed by atoms with Gasteiger partial charge in [-0.25, -0.2) is 9.79 Å². The van der Waals surface area contributed by atoms with Gasteiger partial charge in [-0.15, -0.1) is 11.3 Å². The van der Waals surface area contributed by atoms with Gasteiger partial charge in [0.1, 0.15) is 24.2 Å². The van der Waals surface area contributed by atoms with Crippen LogP contribution in [0.5, 0.6) is 0 Å². The largest absolute Gasteiger partial charge is 0.457 e. The Balaban J connectivity index is 1.39. The van der Waals surface area contributed by atoms with Gasteiger partial charge in [-0.05, 0) is 48.2 Å². The molecule has 0 saturated heterocycles. The summed E-state index contributed by atoms with van der Waals surface area (Å²) in [6, 6.07) is 23.7. The van der Waals surface area contributed by atoms with Crippen LogP contribution >= 0.6 is 34.3 Å². The van der Waals surface area contributed by atoms with E-state index in [0.717, 1.165) is 16.0 Å². The lowest BCUT2D eigenvalue weighted by molar-refractivity contribution is -0.140. The summed E-state index contributed by atoms with van der Waals surface area (Å²) in [6.45, 7) is 1.91. The van der Waals surface area contributed by atoms with E-state index in [9.17, 15) is 9.59 Å². The maximum atomic E-state index is 13.8. The molecule has 1 aliphatic rings. The Hall–Kier alpha value is -3.98. The number of allylic oxidation sites excluding steroid dienone is 1. The van der Waals surface area contributed by atoms with E-state index >= 15 is 0 Å². The Bertz CT molecular complexity index is 1880. The average molecular weight is 573 g/mol. The molecule has 2 aromatic carbocycles. The van der Waals surface area contributed by atoms with Crippen molar-refractivity contribution >= 4 is 46.3 Å². The molecule has 0 saturated carbocycles. The summed E-state index contributed by atoms with van der Waals surface area (Å²) >= 11 is 9.05. The van der Waals surface area contributed by atoms with Gasteiger partial charge in [-0.1, -0.05) is 71.5 Å². The summed E-state index contributed by atoms with van der Waals surface area (Å²) in [7, 11) is 0. The second-order valence-electron chi connectivity index (χ2n) is 8.84. The highest BCUT2D eigenvalue weighted by Gasteiger charge is 2.34. The molecule has 39 heavy (non-hydrogen) atoms. The van der Waals surface area contributed by atoms with Gasteiger partial charge in [0.05, 0.1) is 20.8 Å². The third-order valence-corrected chi connectivity index (χ3v) is 8.54. The number of aromatic nitrogens is 1. The molecule has 0 amide bonds. The van der Waals surface area contributed by atoms with Crippen LogP contribution in [-0.2, 0) is 16.1 Å². The van der Waals surface area contributed by atoms with Gasteiger partial charge < -0.3 is 9.15 Å². The van der Waals surface area contributed by atoms with Gasteiger partial charge >= 0.3 is 5.97 Å². The third-order valence-electron chi connectivity index (χ3n) is 6.31. The molecule has 6 rings (SSSR count). The van der Waals surface area contributed by atoms with Crippen LogP contribution in [-0.4, -0.2) is 10.5 Å². The summed E-state index contributed by atoms with van der Waals surface area (Å²) < 4.78 is 13.7. The molecule has 0 unspecified atom stereocenters. The van der Waals surface area contributed by atoms with Crippen LogP contribution in [0.25, 0.3) is 17.4 Å². The molecular formula is C30H21ClN2O4S2. The fourth-order valence-corrected chi connectivity index (χ4v) is 6.54. The van der Waals surface area contributed by atoms with Crippen LogP contribution < -0.4 is 14.9 Å². The highest BCUT2D eigenvalue weighted by molar-refractivity contribution is 7.10. The highest BCUT2D eigenvalue weighted by atomic mass is 35.5. The molecule has 0 spiro atoms. The van der Waals surface area contributed by atoms with Crippen molar-refractivity contribution in [3.05, 3.63) is 136 Å². The Labute approximate surface area is 236 Å².